The van der Waals surface area contributed by atoms with E-state index in [9.17, 15) is 8.42 Å². The second-order valence-corrected chi connectivity index (χ2v) is 7.18. The van der Waals surface area contributed by atoms with Gasteiger partial charge >= 0.3 is 0 Å². The number of hydrogen-bond acceptors (Lipinski definition) is 2. The van der Waals surface area contributed by atoms with Crippen molar-refractivity contribution in [2.75, 3.05) is 5.75 Å². The fourth-order valence-electron chi connectivity index (χ4n) is 2.34. The van der Waals surface area contributed by atoms with Crippen LogP contribution in [0.5, 0.6) is 0 Å². The molecule has 0 aliphatic rings. The van der Waals surface area contributed by atoms with Gasteiger partial charge in [0.15, 0.2) is 0 Å². The predicted molar refractivity (Wildman–Crippen MR) is 86.6 cm³/mol. The predicted octanol–water partition coefficient (Wildman–Crippen LogP) is 5.13. The molecule has 0 aliphatic heterocycles. The quantitative estimate of drug-likeness (QED) is 0.259. The Hall–Kier alpha value is -0.350. The average molecular weight is 304 g/mol. The first-order valence-electron chi connectivity index (χ1n) is 8.12. The number of hydrogen-bond donors (Lipinski definition) is 1. The molecule has 120 valence electrons. The van der Waals surface area contributed by atoms with Crippen molar-refractivity contribution in [3.05, 3.63) is 12.7 Å². The third-order valence-electron chi connectivity index (χ3n) is 3.56. The van der Waals surface area contributed by atoms with Crippen LogP contribution in [-0.2, 0) is 10.1 Å². The van der Waals surface area contributed by atoms with Gasteiger partial charge < -0.3 is 0 Å². The summed E-state index contributed by atoms with van der Waals surface area (Å²) in [6, 6.07) is 0. The molecule has 0 fully saturated rings. The van der Waals surface area contributed by atoms with Gasteiger partial charge in [-0.25, -0.2) is 0 Å². The summed E-state index contributed by atoms with van der Waals surface area (Å²) in [6.45, 7) is 3.72. The molecule has 0 saturated carbocycles. The highest BCUT2D eigenvalue weighted by atomic mass is 32.2. The van der Waals surface area contributed by atoms with Gasteiger partial charge in [-0.2, -0.15) is 8.42 Å². The minimum atomic E-state index is -3.75. The Morgan fingerprint density at radius 1 is 0.700 bits per heavy atom. The molecule has 4 heteroatoms. The molecule has 0 unspecified atom stereocenters. The molecule has 0 rings (SSSR count). The molecule has 0 bridgehead atoms. The maximum atomic E-state index is 10.5. The van der Waals surface area contributed by atoms with Crippen LogP contribution in [0.25, 0.3) is 0 Å². The zero-order chi connectivity index (χ0) is 15.1. The smallest absolute Gasteiger partial charge is 0.264 e. The van der Waals surface area contributed by atoms with E-state index in [1.165, 1.54) is 57.8 Å². The third kappa shape index (κ3) is 17.6. The second-order valence-electron chi connectivity index (χ2n) is 5.61. The van der Waals surface area contributed by atoms with Crippen LogP contribution in [0.2, 0.25) is 0 Å². The molecule has 0 amide bonds. The van der Waals surface area contributed by atoms with E-state index in [0.29, 0.717) is 6.42 Å². The molecule has 0 aromatic carbocycles. The molecule has 0 saturated heterocycles. The molecule has 3 nitrogen and oxygen atoms in total. The van der Waals surface area contributed by atoms with Gasteiger partial charge in [-0.05, 0) is 19.3 Å². The van der Waals surface area contributed by atoms with Crippen LogP contribution >= 0.6 is 0 Å². The summed E-state index contributed by atoms with van der Waals surface area (Å²) in [6.07, 6.45) is 17.4. The minimum absolute atomic E-state index is 0.0845. The molecule has 1 N–H and O–H groups in total. The van der Waals surface area contributed by atoms with Crippen LogP contribution in [0.3, 0.4) is 0 Å². The topological polar surface area (TPSA) is 54.4 Å². The minimum Gasteiger partial charge on any atom is -0.286 e. The van der Waals surface area contributed by atoms with E-state index in [1.54, 1.807) is 0 Å². The lowest BCUT2D eigenvalue weighted by atomic mass is 10.0. The lowest BCUT2D eigenvalue weighted by Crippen LogP contribution is -2.03. The summed E-state index contributed by atoms with van der Waals surface area (Å²) in [5.74, 6) is -0.0845. The molecule has 0 heterocycles. The van der Waals surface area contributed by atoms with Crippen molar-refractivity contribution < 1.29 is 13.0 Å². The summed E-state index contributed by atoms with van der Waals surface area (Å²) in [5.41, 5.74) is 0. The van der Waals surface area contributed by atoms with Crippen molar-refractivity contribution in [3.8, 4) is 0 Å². The summed E-state index contributed by atoms with van der Waals surface area (Å²) in [4.78, 5) is 0. The molecule has 0 atom stereocenters. The van der Waals surface area contributed by atoms with Crippen molar-refractivity contribution in [1.82, 2.24) is 0 Å². The highest BCUT2D eigenvalue weighted by molar-refractivity contribution is 7.85. The van der Waals surface area contributed by atoms with Crippen LogP contribution < -0.4 is 0 Å². The van der Waals surface area contributed by atoms with Crippen LogP contribution in [0.1, 0.15) is 83.5 Å². The number of allylic oxidation sites excluding steroid dienone is 1. The molecule has 0 aromatic rings. The van der Waals surface area contributed by atoms with Gasteiger partial charge in [-0.15, -0.1) is 6.58 Å². The lowest BCUT2D eigenvalue weighted by Gasteiger charge is -2.02. The van der Waals surface area contributed by atoms with E-state index in [0.717, 1.165) is 19.3 Å². The fourth-order valence-corrected chi connectivity index (χ4v) is 2.91. The summed E-state index contributed by atoms with van der Waals surface area (Å²) >= 11 is 0. The van der Waals surface area contributed by atoms with E-state index >= 15 is 0 Å². The van der Waals surface area contributed by atoms with E-state index in [-0.39, 0.29) is 5.75 Å². The van der Waals surface area contributed by atoms with Crippen molar-refractivity contribution in [2.45, 2.75) is 83.5 Å². The Morgan fingerprint density at radius 3 is 1.40 bits per heavy atom. The van der Waals surface area contributed by atoms with Crippen LogP contribution in [0.15, 0.2) is 12.7 Å². The van der Waals surface area contributed by atoms with Gasteiger partial charge in [0.1, 0.15) is 0 Å². The monoisotopic (exact) mass is 304 g/mol. The summed E-state index contributed by atoms with van der Waals surface area (Å²) < 4.78 is 29.6. The van der Waals surface area contributed by atoms with Crippen LogP contribution in [0, 0.1) is 0 Å². The molecular weight excluding hydrogens is 272 g/mol. The normalized spacial score (nSPS) is 11.7. The van der Waals surface area contributed by atoms with Crippen molar-refractivity contribution in [3.63, 3.8) is 0 Å². The highest BCUT2D eigenvalue weighted by Gasteiger charge is 2.02. The molecule has 0 spiro atoms. The number of rotatable bonds is 15. The Labute approximate surface area is 125 Å². The SMILES string of the molecule is C=CCCCCCCCCCCCCCCS(=O)(=O)O. The van der Waals surface area contributed by atoms with Crippen LogP contribution in [-0.4, -0.2) is 18.7 Å². The van der Waals surface area contributed by atoms with E-state index in [4.69, 9.17) is 4.55 Å². The van der Waals surface area contributed by atoms with E-state index in [1.807, 2.05) is 6.08 Å². The van der Waals surface area contributed by atoms with Gasteiger partial charge in [-0.1, -0.05) is 70.3 Å². The van der Waals surface area contributed by atoms with Crippen molar-refractivity contribution in [1.29, 1.82) is 0 Å². The van der Waals surface area contributed by atoms with E-state index in [2.05, 4.69) is 6.58 Å². The van der Waals surface area contributed by atoms with Gasteiger partial charge in [-0.3, -0.25) is 4.55 Å². The van der Waals surface area contributed by atoms with Crippen molar-refractivity contribution >= 4 is 10.1 Å². The van der Waals surface area contributed by atoms with Gasteiger partial charge in [0.25, 0.3) is 10.1 Å². The molecular formula is C16H32O3S. The third-order valence-corrected chi connectivity index (χ3v) is 4.37. The first-order chi connectivity index (χ1) is 9.56. The largest absolute Gasteiger partial charge is 0.286 e. The lowest BCUT2D eigenvalue weighted by molar-refractivity contribution is 0.478. The van der Waals surface area contributed by atoms with Gasteiger partial charge in [0.2, 0.25) is 0 Å². The fraction of sp³-hybridized carbons (Fsp3) is 0.875. The number of unbranched alkanes of at least 4 members (excludes halogenated alkanes) is 12. The standard InChI is InChI=1S/C16H32O3S/c1-2-3-4-5-6-7-8-9-10-11-12-13-14-15-16-20(17,18)19/h2H,1,3-16H2,(H,17,18,19). The maximum absolute atomic E-state index is 10.5. The molecule has 0 radical (unpaired) electrons. The Kier molecular flexibility index (Phi) is 13.4. The second kappa shape index (κ2) is 13.6. The van der Waals surface area contributed by atoms with Crippen LogP contribution in [0.4, 0.5) is 0 Å². The maximum Gasteiger partial charge on any atom is 0.264 e. The summed E-state index contributed by atoms with van der Waals surface area (Å²) in [7, 11) is -3.75. The highest BCUT2D eigenvalue weighted by Crippen LogP contribution is 2.12. The zero-order valence-corrected chi connectivity index (χ0v) is 13.7. The Bertz CT molecular complexity index is 310. The summed E-state index contributed by atoms with van der Waals surface area (Å²) in [5, 5.41) is 0. The Balaban J connectivity index is 3.04. The van der Waals surface area contributed by atoms with E-state index < -0.39 is 10.1 Å². The molecule has 0 aliphatic carbocycles. The van der Waals surface area contributed by atoms with Gasteiger partial charge in [0.05, 0.1) is 5.75 Å². The first-order valence-corrected chi connectivity index (χ1v) is 9.73. The van der Waals surface area contributed by atoms with Crippen molar-refractivity contribution in [2.24, 2.45) is 0 Å². The first kappa shape index (κ1) is 19.7. The average Bonchev–Trinajstić information content (AvgIpc) is 2.38. The Morgan fingerprint density at radius 2 is 1.05 bits per heavy atom. The van der Waals surface area contributed by atoms with Gasteiger partial charge in [0, 0.05) is 0 Å². The molecule has 20 heavy (non-hydrogen) atoms. The molecule has 0 aromatic heterocycles. The zero-order valence-electron chi connectivity index (χ0n) is 12.9.